The number of carbonyl (C=O) groups excluding carboxylic acids is 1. The number of likely N-dealkylation sites (tertiary alicyclic amines) is 1. The van der Waals surface area contributed by atoms with Gasteiger partial charge in [-0.15, -0.1) is 0 Å². The standard InChI is InChI=1S/C13H18N2O2S/c1-18-10-4-6-15(7-5-10)13(17)9-2-3-11(14)12(16)8-9/h2-3,8,10,16H,4-7,14H2,1H3. The Kier molecular flexibility index (Phi) is 4.01. The summed E-state index contributed by atoms with van der Waals surface area (Å²) >= 11 is 1.87. The van der Waals surface area contributed by atoms with E-state index in [4.69, 9.17) is 5.73 Å². The van der Waals surface area contributed by atoms with Crippen molar-refractivity contribution in [2.75, 3.05) is 25.1 Å². The van der Waals surface area contributed by atoms with Gasteiger partial charge in [-0.25, -0.2) is 0 Å². The lowest BCUT2D eigenvalue weighted by atomic mass is 10.1. The van der Waals surface area contributed by atoms with Crippen LogP contribution in [0.25, 0.3) is 0 Å². The van der Waals surface area contributed by atoms with Gasteiger partial charge in [-0.2, -0.15) is 11.8 Å². The fourth-order valence-electron chi connectivity index (χ4n) is 2.15. The van der Waals surface area contributed by atoms with E-state index in [1.807, 2.05) is 16.7 Å². The largest absolute Gasteiger partial charge is 0.506 e. The third kappa shape index (κ3) is 2.72. The number of rotatable bonds is 2. The summed E-state index contributed by atoms with van der Waals surface area (Å²) < 4.78 is 0. The van der Waals surface area contributed by atoms with Crippen LogP contribution in [0.15, 0.2) is 18.2 Å². The van der Waals surface area contributed by atoms with E-state index in [1.54, 1.807) is 12.1 Å². The number of phenols is 1. The number of piperidine rings is 1. The molecule has 1 saturated heterocycles. The van der Waals surface area contributed by atoms with Crippen molar-refractivity contribution in [1.82, 2.24) is 4.90 Å². The Morgan fingerprint density at radius 3 is 2.67 bits per heavy atom. The first kappa shape index (κ1) is 13.1. The number of anilines is 1. The molecule has 2 rings (SSSR count). The summed E-state index contributed by atoms with van der Waals surface area (Å²) in [7, 11) is 0. The zero-order valence-electron chi connectivity index (χ0n) is 10.4. The fourth-order valence-corrected chi connectivity index (χ4v) is 2.84. The zero-order chi connectivity index (χ0) is 13.1. The van der Waals surface area contributed by atoms with Crippen LogP contribution in [-0.4, -0.2) is 40.5 Å². The summed E-state index contributed by atoms with van der Waals surface area (Å²) in [5.41, 5.74) is 6.33. The van der Waals surface area contributed by atoms with Gasteiger partial charge in [0.25, 0.3) is 5.91 Å². The molecule has 0 bridgehead atoms. The maximum Gasteiger partial charge on any atom is 0.253 e. The Bertz CT molecular complexity index is 443. The third-order valence-electron chi connectivity index (χ3n) is 3.34. The summed E-state index contributed by atoms with van der Waals surface area (Å²) in [6.45, 7) is 1.57. The highest BCUT2D eigenvalue weighted by Crippen LogP contribution is 2.25. The highest BCUT2D eigenvalue weighted by atomic mass is 32.2. The molecule has 18 heavy (non-hydrogen) atoms. The van der Waals surface area contributed by atoms with Crippen LogP contribution in [-0.2, 0) is 0 Å². The minimum absolute atomic E-state index is 0.0233. The molecule has 0 atom stereocenters. The van der Waals surface area contributed by atoms with Crippen LogP contribution < -0.4 is 5.73 Å². The van der Waals surface area contributed by atoms with Crippen LogP contribution in [0.3, 0.4) is 0 Å². The van der Waals surface area contributed by atoms with E-state index >= 15 is 0 Å². The van der Waals surface area contributed by atoms with Crippen molar-refractivity contribution in [3.05, 3.63) is 23.8 Å². The molecule has 0 saturated carbocycles. The SMILES string of the molecule is CSC1CCN(C(=O)c2ccc(N)c(O)c2)CC1. The van der Waals surface area contributed by atoms with Crippen LogP contribution in [0.2, 0.25) is 0 Å². The number of amides is 1. The van der Waals surface area contributed by atoms with Crippen molar-refractivity contribution in [3.63, 3.8) is 0 Å². The molecule has 0 unspecified atom stereocenters. The lowest BCUT2D eigenvalue weighted by molar-refractivity contribution is 0.0727. The van der Waals surface area contributed by atoms with Gasteiger partial charge in [-0.05, 0) is 37.3 Å². The monoisotopic (exact) mass is 266 g/mol. The number of carbonyl (C=O) groups is 1. The van der Waals surface area contributed by atoms with Crippen LogP contribution in [0.4, 0.5) is 5.69 Å². The summed E-state index contributed by atoms with van der Waals surface area (Å²) in [5.74, 6) is -0.0512. The normalized spacial score (nSPS) is 16.8. The van der Waals surface area contributed by atoms with Gasteiger partial charge in [0.05, 0.1) is 5.69 Å². The molecule has 0 radical (unpaired) electrons. The van der Waals surface area contributed by atoms with Gasteiger partial charge in [0.15, 0.2) is 0 Å². The quantitative estimate of drug-likeness (QED) is 0.634. The number of hydrogen-bond acceptors (Lipinski definition) is 4. The Morgan fingerprint density at radius 2 is 2.11 bits per heavy atom. The van der Waals surface area contributed by atoms with Crippen LogP contribution in [0.5, 0.6) is 5.75 Å². The molecule has 4 nitrogen and oxygen atoms in total. The van der Waals surface area contributed by atoms with E-state index < -0.39 is 0 Å². The number of benzene rings is 1. The topological polar surface area (TPSA) is 66.6 Å². The Morgan fingerprint density at radius 1 is 1.44 bits per heavy atom. The molecule has 1 heterocycles. The van der Waals surface area contributed by atoms with Crippen LogP contribution >= 0.6 is 11.8 Å². The van der Waals surface area contributed by atoms with Crippen molar-refractivity contribution in [1.29, 1.82) is 0 Å². The van der Waals surface area contributed by atoms with E-state index in [1.165, 1.54) is 6.07 Å². The molecule has 5 heteroatoms. The molecule has 1 aliphatic rings. The second kappa shape index (κ2) is 5.52. The minimum Gasteiger partial charge on any atom is -0.506 e. The van der Waals surface area contributed by atoms with Gasteiger partial charge >= 0.3 is 0 Å². The highest BCUT2D eigenvalue weighted by molar-refractivity contribution is 7.99. The fraction of sp³-hybridized carbons (Fsp3) is 0.462. The molecule has 0 aliphatic carbocycles. The summed E-state index contributed by atoms with van der Waals surface area (Å²) in [6.07, 6.45) is 4.18. The van der Waals surface area contributed by atoms with Gasteiger partial charge in [0.2, 0.25) is 0 Å². The Labute approximate surface area is 111 Å². The zero-order valence-corrected chi connectivity index (χ0v) is 11.2. The number of nitrogens with zero attached hydrogens (tertiary/aromatic N) is 1. The lowest BCUT2D eigenvalue weighted by Crippen LogP contribution is -2.39. The predicted octanol–water partition coefficient (Wildman–Crippen LogP) is 1.94. The molecule has 1 amide bonds. The van der Waals surface area contributed by atoms with Crippen molar-refractivity contribution in [2.45, 2.75) is 18.1 Å². The smallest absolute Gasteiger partial charge is 0.253 e. The van der Waals surface area contributed by atoms with E-state index in [2.05, 4.69) is 6.26 Å². The van der Waals surface area contributed by atoms with Gasteiger partial charge in [-0.1, -0.05) is 0 Å². The molecule has 1 aromatic rings. The predicted molar refractivity (Wildman–Crippen MR) is 75.0 cm³/mol. The second-order valence-electron chi connectivity index (χ2n) is 4.50. The van der Waals surface area contributed by atoms with Crippen molar-refractivity contribution in [3.8, 4) is 5.75 Å². The first-order chi connectivity index (χ1) is 8.61. The third-order valence-corrected chi connectivity index (χ3v) is 4.48. The molecule has 1 aromatic carbocycles. The van der Waals surface area contributed by atoms with Crippen LogP contribution in [0.1, 0.15) is 23.2 Å². The molecular weight excluding hydrogens is 248 g/mol. The number of nitrogens with two attached hydrogens (primary N) is 1. The number of phenolic OH excluding ortho intramolecular Hbond substituents is 1. The van der Waals surface area contributed by atoms with Crippen molar-refractivity contribution < 1.29 is 9.90 Å². The molecule has 0 spiro atoms. The Hall–Kier alpha value is -1.36. The summed E-state index contributed by atoms with van der Waals surface area (Å²) in [6, 6.07) is 4.67. The molecule has 1 aliphatic heterocycles. The molecular formula is C13H18N2O2S. The molecule has 3 N–H and O–H groups in total. The maximum atomic E-state index is 12.2. The average Bonchev–Trinajstić information content (AvgIpc) is 2.41. The maximum absolute atomic E-state index is 12.2. The minimum atomic E-state index is -0.0279. The number of nitrogen functional groups attached to an aromatic ring is 1. The summed E-state index contributed by atoms with van der Waals surface area (Å²) in [4.78, 5) is 14.1. The van der Waals surface area contributed by atoms with E-state index in [0.29, 0.717) is 16.5 Å². The number of aromatic hydroxyl groups is 1. The van der Waals surface area contributed by atoms with Crippen molar-refractivity contribution in [2.24, 2.45) is 0 Å². The van der Waals surface area contributed by atoms with E-state index in [-0.39, 0.29) is 11.7 Å². The number of hydrogen-bond donors (Lipinski definition) is 2. The molecule has 0 aromatic heterocycles. The lowest BCUT2D eigenvalue weighted by Gasteiger charge is -2.31. The van der Waals surface area contributed by atoms with Gasteiger partial charge in [0, 0.05) is 23.9 Å². The van der Waals surface area contributed by atoms with Gasteiger partial charge < -0.3 is 15.7 Å². The second-order valence-corrected chi connectivity index (χ2v) is 5.64. The number of thioether (sulfide) groups is 1. The Balaban J connectivity index is 2.05. The first-order valence-corrected chi connectivity index (χ1v) is 7.31. The van der Waals surface area contributed by atoms with E-state index in [9.17, 15) is 9.90 Å². The van der Waals surface area contributed by atoms with Gasteiger partial charge in [-0.3, -0.25) is 4.79 Å². The summed E-state index contributed by atoms with van der Waals surface area (Å²) in [5, 5.41) is 10.2. The molecule has 1 fully saturated rings. The van der Waals surface area contributed by atoms with Gasteiger partial charge in [0.1, 0.15) is 5.75 Å². The average molecular weight is 266 g/mol. The van der Waals surface area contributed by atoms with Crippen molar-refractivity contribution >= 4 is 23.4 Å². The highest BCUT2D eigenvalue weighted by Gasteiger charge is 2.23. The van der Waals surface area contributed by atoms with E-state index in [0.717, 1.165) is 25.9 Å². The van der Waals surface area contributed by atoms with Crippen LogP contribution in [0, 0.1) is 0 Å². The molecule has 98 valence electrons. The first-order valence-electron chi connectivity index (χ1n) is 6.02.